The van der Waals surface area contributed by atoms with Crippen molar-refractivity contribution in [3.63, 3.8) is 0 Å². The van der Waals surface area contributed by atoms with E-state index >= 15 is 0 Å². The SMILES string of the molecule is CCn1ncc(-c2nc3c(O[C@H]4CCN(c5ncnc6sc(C)c(C)c56)C4)ncnc3n2C)c1C. The van der Waals surface area contributed by atoms with Crippen LogP contribution in [0, 0.1) is 20.8 Å². The van der Waals surface area contributed by atoms with Crippen LogP contribution in [-0.4, -0.2) is 58.5 Å². The van der Waals surface area contributed by atoms with E-state index in [1.807, 2.05) is 22.5 Å². The second kappa shape index (κ2) is 8.26. The van der Waals surface area contributed by atoms with Crippen molar-refractivity contribution >= 4 is 38.5 Å². The fraction of sp³-hybridized carbons (Fsp3) is 0.417. The number of imidazole rings is 1. The molecule has 0 radical (unpaired) electrons. The van der Waals surface area contributed by atoms with Crippen LogP contribution in [0.25, 0.3) is 32.8 Å². The van der Waals surface area contributed by atoms with E-state index in [4.69, 9.17) is 9.72 Å². The van der Waals surface area contributed by atoms with E-state index < -0.39 is 0 Å². The number of fused-ring (bicyclic) bond motifs is 2. The van der Waals surface area contributed by atoms with Crippen molar-refractivity contribution in [3.05, 3.63) is 35.0 Å². The number of aromatic nitrogens is 8. The van der Waals surface area contributed by atoms with Crippen molar-refractivity contribution in [2.24, 2.45) is 7.05 Å². The van der Waals surface area contributed by atoms with Crippen LogP contribution >= 0.6 is 11.3 Å². The van der Waals surface area contributed by atoms with Crippen molar-refractivity contribution in [2.45, 2.75) is 46.8 Å². The van der Waals surface area contributed by atoms with Crippen molar-refractivity contribution in [1.82, 2.24) is 39.3 Å². The monoisotopic (exact) mass is 489 g/mol. The Hall–Kier alpha value is -3.60. The Labute approximate surface area is 206 Å². The summed E-state index contributed by atoms with van der Waals surface area (Å²) in [5, 5.41) is 5.63. The Morgan fingerprint density at radius 1 is 1.11 bits per heavy atom. The van der Waals surface area contributed by atoms with Gasteiger partial charge in [-0.2, -0.15) is 10.1 Å². The number of thiophene rings is 1. The van der Waals surface area contributed by atoms with Crippen LogP contribution in [0.4, 0.5) is 5.82 Å². The maximum atomic E-state index is 6.42. The average molecular weight is 490 g/mol. The summed E-state index contributed by atoms with van der Waals surface area (Å²) in [6.45, 7) is 10.8. The predicted octanol–water partition coefficient (Wildman–Crippen LogP) is 3.83. The molecule has 6 heterocycles. The first-order valence-electron chi connectivity index (χ1n) is 11.8. The van der Waals surface area contributed by atoms with Crippen LogP contribution in [0.3, 0.4) is 0 Å². The second-order valence-corrected chi connectivity index (χ2v) is 10.1. The summed E-state index contributed by atoms with van der Waals surface area (Å²) in [5.41, 5.74) is 4.72. The highest BCUT2D eigenvalue weighted by Gasteiger charge is 2.29. The Morgan fingerprint density at radius 2 is 1.94 bits per heavy atom. The summed E-state index contributed by atoms with van der Waals surface area (Å²) in [5.74, 6) is 2.31. The summed E-state index contributed by atoms with van der Waals surface area (Å²) in [7, 11) is 1.97. The zero-order valence-electron chi connectivity index (χ0n) is 20.5. The van der Waals surface area contributed by atoms with Gasteiger partial charge in [0, 0.05) is 37.1 Å². The van der Waals surface area contributed by atoms with E-state index in [0.717, 1.165) is 64.8 Å². The molecule has 1 saturated heterocycles. The lowest BCUT2D eigenvalue weighted by Crippen LogP contribution is -2.25. The van der Waals surface area contributed by atoms with Crippen LogP contribution in [0.2, 0.25) is 0 Å². The quantitative estimate of drug-likeness (QED) is 0.367. The largest absolute Gasteiger partial charge is 0.471 e. The predicted molar refractivity (Wildman–Crippen MR) is 136 cm³/mol. The highest BCUT2D eigenvalue weighted by Crippen LogP contribution is 2.36. The molecule has 11 heteroatoms. The van der Waals surface area contributed by atoms with Gasteiger partial charge in [-0.25, -0.2) is 19.9 Å². The smallest absolute Gasteiger partial charge is 0.245 e. The summed E-state index contributed by atoms with van der Waals surface area (Å²) < 4.78 is 10.4. The number of aryl methyl sites for hydroxylation is 4. The maximum absolute atomic E-state index is 6.42. The highest BCUT2D eigenvalue weighted by molar-refractivity contribution is 7.18. The van der Waals surface area contributed by atoms with Gasteiger partial charge in [-0.15, -0.1) is 11.3 Å². The minimum Gasteiger partial charge on any atom is -0.471 e. The van der Waals surface area contributed by atoms with Gasteiger partial charge in [-0.3, -0.25) is 4.68 Å². The van der Waals surface area contributed by atoms with Crippen LogP contribution in [0.1, 0.15) is 29.5 Å². The number of ether oxygens (including phenoxy) is 1. The molecule has 1 aliphatic heterocycles. The Balaban J connectivity index is 1.30. The standard InChI is InChI=1S/C24H27N9OS/c1-6-33-14(3)17(9-29-33)20-30-19-22(31(20)5)26-11-27-23(19)34-16-7-8-32(10-16)21-18-13(2)15(4)35-24(18)28-12-25-21/h9,11-12,16H,6-8,10H2,1-5H3/t16-/m0/s1. The van der Waals surface area contributed by atoms with Gasteiger partial charge in [0.2, 0.25) is 5.88 Å². The molecule has 5 aromatic heterocycles. The lowest BCUT2D eigenvalue weighted by molar-refractivity contribution is 0.218. The molecular formula is C24H27N9OS. The lowest BCUT2D eigenvalue weighted by Gasteiger charge is -2.18. The maximum Gasteiger partial charge on any atom is 0.245 e. The Bertz CT molecular complexity index is 1570. The van der Waals surface area contributed by atoms with Crippen LogP contribution in [0.5, 0.6) is 5.88 Å². The van der Waals surface area contributed by atoms with Crippen molar-refractivity contribution in [3.8, 4) is 17.3 Å². The molecule has 0 bridgehead atoms. The van der Waals surface area contributed by atoms with Gasteiger partial charge in [0.25, 0.3) is 0 Å². The van der Waals surface area contributed by atoms with Crippen molar-refractivity contribution in [2.75, 3.05) is 18.0 Å². The summed E-state index contributed by atoms with van der Waals surface area (Å²) in [4.78, 5) is 27.6. The topological polar surface area (TPSA) is 99.7 Å². The molecule has 0 N–H and O–H groups in total. The van der Waals surface area contributed by atoms with E-state index in [1.54, 1.807) is 24.0 Å². The third-order valence-corrected chi connectivity index (χ3v) is 8.05. The third kappa shape index (κ3) is 3.44. The van der Waals surface area contributed by atoms with Crippen molar-refractivity contribution < 1.29 is 4.74 Å². The van der Waals surface area contributed by atoms with Gasteiger partial charge in [0.1, 0.15) is 35.2 Å². The molecule has 1 fully saturated rings. The molecule has 0 aromatic carbocycles. The summed E-state index contributed by atoms with van der Waals surface area (Å²) in [6, 6.07) is 0. The first-order valence-corrected chi connectivity index (χ1v) is 12.6. The Kier molecular flexibility index (Phi) is 5.17. The summed E-state index contributed by atoms with van der Waals surface area (Å²) >= 11 is 1.72. The molecule has 6 rings (SSSR count). The van der Waals surface area contributed by atoms with E-state index in [0.29, 0.717) is 11.4 Å². The second-order valence-electron chi connectivity index (χ2n) is 8.94. The van der Waals surface area contributed by atoms with Crippen LogP contribution in [0.15, 0.2) is 18.9 Å². The molecule has 180 valence electrons. The molecule has 0 saturated carbocycles. The van der Waals surface area contributed by atoms with Gasteiger partial charge in [0.05, 0.1) is 23.7 Å². The van der Waals surface area contributed by atoms with Crippen LogP contribution < -0.4 is 9.64 Å². The molecule has 0 unspecified atom stereocenters. The number of nitrogens with zero attached hydrogens (tertiary/aromatic N) is 9. The first-order chi connectivity index (χ1) is 17.0. The van der Waals surface area contributed by atoms with Gasteiger partial charge < -0.3 is 14.2 Å². The molecule has 0 aliphatic carbocycles. The molecule has 1 atom stereocenters. The van der Waals surface area contributed by atoms with Gasteiger partial charge in [-0.05, 0) is 33.3 Å². The zero-order chi connectivity index (χ0) is 24.3. The highest BCUT2D eigenvalue weighted by atomic mass is 32.1. The fourth-order valence-corrected chi connectivity index (χ4v) is 5.86. The molecule has 10 nitrogen and oxygen atoms in total. The fourth-order valence-electron chi connectivity index (χ4n) is 4.87. The van der Waals surface area contributed by atoms with Crippen LogP contribution in [-0.2, 0) is 13.6 Å². The minimum absolute atomic E-state index is 0.0202. The van der Waals surface area contributed by atoms with Gasteiger partial charge >= 0.3 is 0 Å². The summed E-state index contributed by atoms with van der Waals surface area (Å²) in [6.07, 6.45) is 5.92. The first kappa shape index (κ1) is 21.9. The van der Waals surface area contributed by atoms with E-state index in [2.05, 4.69) is 57.6 Å². The Morgan fingerprint density at radius 3 is 2.74 bits per heavy atom. The third-order valence-electron chi connectivity index (χ3n) is 6.93. The van der Waals surface area contributed by atoms with E-state index in [-0.39, 0.29) is 6.10 Å². The number of hydrogen-bond acceptors (Lipinski definition) is 9. The van der Waals surface area contributed by atoms with Gasteiger partial charge in [0.15, 0.2) is 11.2 Å². The van der Waals surface area contributed by atoms with E-state index in [9.17, 15) is 0 Å². The van der Waals surface area contributed by atoms with E-state index in [1.165, 1.54) is 10.4 Å². The molecule has 0 amide bonds. The molecule has 1 aliphatic rings. The molecular weight excluding hydrogens is 462 g/mol. The number of anilines is 1. The minimum atomic E-state index is -0.0202. The molecule has 35 heavy (non-hydrogen) atoms. The molecule has 0 spiro atoms. The molecule has 5 aromatic rings. The lowest BCUT2D eigenvalue weighted by atomic mass is 10.2. The van der Waals surface area contributed by atoms with Gasteiger partial charge in [-0.1, -0.05) is 0 Å². The number of rotatable bonds is 5. The normalized spacial score (nSPS) is 16.1. The number of hydrogen-bond donors (Lipinski definition) is 0. The average Bonchev–Trinajstić information content (AvgIpc) is 3.61. The zero-order valence-corrected chi connectivity index (χ0v) is 21.3. The van der Waals surface area contributed by atoms with Crippen molar-refractivity contribution in [1.29, 1.82) is 0 Å².